The van der Waals surface area contributed by atoms with Crippen LogP contribution in [0.2, 0.25) is 0 Å². The fourth-order valence-electron chi connectivity index (χ4n) is 3.22. The number of hydrogen-bond acceptors (Lipinski definition) is 4. The van der Waals surface area contributed by atoms with E-state index in [1.807, 2.05) is 0 Å². The molecule has 1 saturated carbocycles. The van der Waals surface area contributed by atoms with Crippen molar-refractivity contribution in [2.75, 3.05) is 46.4 Å². The van der Waals surface area contributed by atoms with E-state index < -0.39 is 5.60 Å². The molecule has 0 unspecified atom stereocenters. The zero-order chi connectivity index (χ0) is 18.5. The molecule has 0 aromatic rings. The zero-order valence-electron chi connectivity index (χ0n) is 16.8. The van der Waals surface area contributed by atoms with Crippen LogP contribution >= 0.6 is 0 Å². The summed E-state index contributed by atoms with van der Waals surface area (Å²) >= 11 is 0. The molecule has 0 aromatic heterocycles. The lowest BCUT2D eigenvalue weighted by molar-refractivity contribution is 0.0306. The standard InChI is InChI=1S/C19H40N4O2/c1-5-10-19(24,11-6-2)16-22-18(20-7-3)21-12-13-23(14-15-25-4)17-8-9-17/h17,24H,5-16H2,1-4H3,(H2,20,21,22). The van der Waals surface area contributed by atoms with Crippen LogP contribution in [-0.4, -0.2) is 74.0 Å². The van der Waals surface area contributed by atoms with Gasteiger partial charge in [0.05, 0.1) is 18.8 Å². The number of nitrogens with one attached hydrogen (secondary N) is 2. The van der Waals surface area contributed by atoms with Crippen molar-refractivity contribution in [1.82, 2.24) is 15.5 Å². The smallest absolute Gasteiger partial charge is 0.191 e. The van der Waals surface area contributed by atoms with Crippen molar-refractivity contribution in [2.24, 2.45) is 4.99 Å². The molecular formula is C19H40N4O2. The van der Waals surface area contributed by atoms with Crippen LogP contribution in [0.4, 0.5) is 0 Å². The third kappa shape index (κ3) is 9.42. The van der Waals surface area contributed by atoms with Crippen molar-refractivity contribution < 1.29 is 9.84 Å². The summed E-state index contributed by atoms with van der Waals surface area (Å²) in [6.07, 6.45) is 6.17. The summed E-state index contributed by atoms with van der Waals surface area (Å²) in [7, 11) is 1.76. The minimum Gasteiger partial charge on any atom is -0.388 e. The first-order valence-corrected chi connectivity index (χ1v) is 10.1. The maximum Gasteiger partial charge on any atom is 0.191 e. The second-order valence-corrected chi connectivity index (χ2v) is 7.11. The maximum atomic E-state index is 10.7. The molecule has 1 rings (SSSR count). The van der Waals surface area contributed by atoms with Gasteiger partial charge >= 0.3 is 0 Å². The van der Waals surface area contributed by atoms with Gasteiger partial charge in [0.1, 0.15) is 0 Å². The highest BCUT2D eigenvalue weighted by Crippen LogP contribution is 2.26. The number of hydrogen-bond donors (Lipinski definition) is 3. The lowest BCUT2D eigenvalue weighted by Gasteiger charge is -2.26. The summed E-state index contributed by atoms with van der Waals surface area (Å²) in [5.74, 6) is 0.801. The van der Waals surface area contributed by atoms with Gasteiger partial charge in [-0.3, -0.25) is 9.89 Å². The second kappa shape index (κ2) is 12.5. The number of methoxy groups -OCH3 is 1. The van der Waals surface area contributed by atoms with Crippen molar-refractivity contribution in [3.63, 3.8) is 0 Å². The van der Waals surface area contributed by atoms with Crippen molar-refractivity contribution in [3.8, 4) is 0 Å². The molecule has 3 N–H and O–H groups in total. The molecule has 0 radical (unpaired) electrons. The Morgan fingerprint density at radius 1 is 1.16 bits per heavy atom. The molecule has 0 saturated heterocycles. The Morgan fingerprint density at radius 2 is 1.84 bits per heavy atom. The molecule has 148 valence electrons. The Bertz CT molecular complexity index is 366. The number of aliphatic hydroxyl groups is 1. The Hall–Kier alpha value is -0.850. The molecule has 0 spiro atoms. The highest BCUT2D eigenvalue weighted by Gasteiger charge is 2.28. The molecule has 0 heterocycles. The molecule has 6 nitrogen and oxygen atoms in total. The van der Waals surface area contributed by atoms with Gasteiger partial charge < -0.3 is 20.5 Å². The molecule has 1 fully saturated rings. The van der Waals surface area contributed by atoms with E-state index in [9.17, 15) is 5.11 Å². The van der Waals surface area contributed by atoms with E-state index in [0.29, 0.717) is 6.54 Å². The van der Waals surface area contributed by atoms with Gasteiger partial charge in [0.15, 0.2) is 5.96 Å². The molecule has 0 aliphatic heterocycles. The van der Waals surface area contributed by atoms with Crippen LogP contribution in [-0.2, 0) is 4.74 Å². The largest absolute Gasteiger partial charge is 0.388 e. The van der Waals surface area contributed by atoms with E-state index in [0.717, 1.165) is 70.5 Å². The highest BCUT2D eigenvalue weighted by atomic mass is 16.5. The van der Waals surface area contributed by atoms with Gasteiger partial charge in [-0.1, -0.05) is 26.7 Å². The summed E-state index contributed by atoms with van der Waals surface area (Å²) < 4.78 is 5.21. The van der Waals surface area contributed by atoms with Crippen LogP contribution in [0.3, 0.4) is 0 Å². The third-order valence-electron chi connectivity index (χ3n) is 4.64. The van der Waals surface area contributed by atoms with E-state index >= 15 is 0 Å². The topological polar surface area (TPSA) is 69.1 Å². The molecular weight excluding hydrogens is 316 g/mol. The van der Waals surface area contributed by atoms with Crippen LogP contribution in [0.25, 0.3) is 0 Å². The summed E-state index contributed by atoms with van der Waals surface area (Å²) in [5.41, 5.74) is -0.676. The van der Waals surface area contributed by atoms with Crippen molar-refractivity contribution >= 4 is 5.96 Å². The lowest BCUT2D eigenvalue weighted by Crippen LogP contribution is -2.44. The SMILES string of the molecule is CCCC(O)(CCC)CN=C(NCC)NCCN(CCOC)C1CC1. The van der Waals surface area contributed by atoms with E-state index in [-0.39, 0.29) is 0 Å². The van der Waals surface area contributed by atoms with Gasteiger partial charge in [-0.05, 0) is 32.6 Å². The first kappa shape index (κ1) is 22.2. The number of nitrogens with zero attached hydrogens (tertiary/aromatic N) is 2. The minimum atomic E-state index is -0.676. The molecule has 1 aliphatic rings. The molecule has 0 atom stereocenters. The molecule has 0 aromatic carbocycles. The van der Waals surface area contributed by atoms with Gasteiger partial charge in [0, 0.05) is 39.3 Å². The second-order valence-electron chi connectivity index (χ2n) is 7.11. The predicted molar refractivity (Wildman–Crippen MR) is 105 cm³/mol. The number of ether oxygens (including phenoxy) is 1. The lowest BCUT2D eigenvalue weighted by atomic mass is 9.93. The summed E-state index contributed by atoms with van der Waals surface area (Å²) in [5, 5.41) is 17.4. The fraction of sp³-hybridized carbons (Fsp3) is 0.947. The monoisotopic (exact) mass is 356 g/mol. The minimum absolute atomic E-state index is 0.458. The average Bonchev–Trinajstić information content (AvgIpc) is 3.41. The van der Waals surface area contributed by atoms with Gasteiger partial charge in [-0.2, -0.15) is 0 Å². The average molecular weight is 357 g/mol. The van der Waals surface area contributed by atoms with Crippen LogP contribution in [0.5, 0.6) is 0 Å². The normalized spacial score (nSPS) is 15.7. The van der Waals surface area contributed by atoms with Crippen molar-refractivity contribution in [2.45, 2.75) is 70.9 Å². The van der Waals surface area contributed by atoms with Gasteiger partial charge in [0.2, 0.25) is 0 Å². The first-order chi connectivity index (χ1) is 12.1. The quantitative estimate of drug-likeness (QED) is 0.328. The summed E-state index contributed by atoms with van der Waals surface area (Å²) in [6.45, 7) is 11.2. The molecule has 1 aliphatic carbocycles. The van der Waals surface area contributed by atoms with Crippen LogP contribution in [0, 0.1) is 0 Å². The number of rotatable bonds is 14. The van der Waals surface area contributed by atoms with E-state index in [1.54, 1.807) is 7.11 Å². The summed E-state index contributed by atoms with van der Waals surface area (Å²) in [6, 6.07) is 0.732. The molecule has 25 heavy (non-hydrogen) atoms. The van der Waals surface area contributed by atoms with Crippen LogP contribution < -0.4 is 10.6 Å². The van der Waals surface area contributed by atoms with Crippen LogP contribution in [0.1, 0.15) is 59.3 Å². The van der Waals surface area contributed by atoms with Gasteiger partial charge in [-0.25, -0.2) is 0 Å². The Morgan fingerprint density at radius 3 is 2.36 bits per heavy atom. The summed E-state index contributed by atoms with van der Waals surface area (Å²) in [4.78, 5) is 7.13. The Kier molecular flexibility index (Phi) is 11.1. The first-order valence-electron chi connectivity index (χ1n) is 10.1. The number of aliphatic imine (C=N–C) groups is 1. The molecule has 6 heteroatoms. The van der Waals surface area contributed by atoms with E-state index in [1.165, 1.54) is 12.8 Å². The van der Waals surface area contributed by atoms with Gasteiger partial charge in [-0.15, -0.1) is 0 Å². The predicted octanol–water partition coefficient (Wildman–Crippen LogP) is 1.98. The zero-order valence-corrected chi connectivity index (χ0v) is 16.8. The van der Waals surface area contributed by atoms with E-state index in [2.05, 4.69) is 41.3 Å². The highest BCUT2D eigenvalue weighted by molar-refractivity contribution is 5.79. The number of guanidine groups is 1. The van der Waals surface area contributed by atoms with Gasteiger partial charge in [0.25, 0.3) is 0 Å². The van der Waals surface area contributed by atoms with Crippen molar-refractivity contribution in [3.05, 3.63) is 0 Å². The molecule has 0 amide bonds. The van der Waals surface area contributed by atoms with E-state index in [4.69, 9.17) is 4.74 Å². The Labute approximate surface area is 154 Å². The van der Waals surface area contributed by atoms with Crippen molar-refractivity contribution in [1.29, 1.82) is 0 Å². The van der Waals surface area contributed by atoms with Crippen LogP contribution in [0.15, 0.2) is 4.99 Å². The molecule has 0 bridgehead atoms. The maximum absolute atomic E-state index is 10.7. The Balaban J connectivity index is 2.48. The fourth-order valence-corrected chi connectivity index (χ4v) is 3.22. The third-order valence-corrected chi connectivity index (χ3v) is 4.64.